The van der Waals surface area contributed by atoms with Crippen molar-refractivity contribution in [2.24, 2.45) is 17.3 Å². The van der Waals surface area contributed by atoms with Crippen LogP contribution < -0.4 is 0 Å². The lowest BCUT2D eigenvalue weighted by atomic mass is 9.92. The number of hydrogen-bond donors (Lipinski definition) is 0. The first kappa shape index (κ1) is 19.2. The first-order valence-corrected chi connectivity index (χ1v) is 9.88. The Balaban J connectivity index is 1.58. The Labute approximate surface area is 144 Å². The highest BCUT2D eigenvalue weighted by Gasteiger charge is 2.25. The summed E-state index contributed by atoms with van der Waals surface area (Å²) in [5.41, 5.74) is 0.424. The number of piperidine rings is 2. The SMILES string of the molecule is CC(C)CN1CCC(OCC2CCN(CC(C)(C)C)CC2)CC1. The fourth-order valence-corrected chi connectivity index (χ4v) is 4.03. The lowest BCUT2D eigenvalue weighted by Gasteiger charge is -2.37. The smallest absolute Gasteiger partial charge is 0.0599 e. The maximum absolute atomic E-state index is 6.27. The normalized spacial score (nSPS) is 23.7. The standard InChI is InChI=1S/C20H40N2O/c1-17(2)14-21-12-8-19(9-13-21)23-15-18-6-10-22(11-7-18)16-20(3,4)5/h17-19H,6-16H2,1-5H3. The summed E-state index contributed by atoms with van der Waals surface area (Å²) in [6.45, 7) is 20.1. The lowest BCUT2D eigenvalue weighted by molar-refractivity contribution is -0.0218. The third-order valence-corrected chi connectivity index (χ3v) is 5.13. The zero-order valence-corrected chi connectivity index (χ0v) is 16.3. The minimum Gasteiger partial charge on any atom is -0.378 e. The summed E-state index contributed by atoms with van der Waals surface area (Å²) in [5.74, 6) is 1.57. The first-order valence-electron chi connectivity index (χ1n) is 9.88. The highest BCUT2D eigenvalue weighted by atomic mass is 16.5. The Kier molecular flexibility index (Phi) is 7.37. The Morgan fingerprint density at radius 2 is 1.48 bits per heavy atom. The maximum Gasteiger partial charge on any atom is 0.0599 e. The highest BCUT2D eigenvalue weighted by Crippen LogP contribution is 2.23. The number of nitrogens with zero attached hydrogens (tertiary/aromatic N) is 2. The van der Waals surface area contributed by atoms with Crippen LogP contribution in [0.15, 0.2) is 0 Å². The van der Waals surface area contributed by atoms with Crippen LogP contribution in [0.3, 0.4) is 0 Å². The van der Waals surface area contributed by atoms with Crippen molar-refractivity contribution in [2.75, 3.05) is 45.9 Å². The molecule has 0 aromatic carbocycles. The molecule has 0 amide bonds. The van der Waals surface area contributed by atoms with Crippen molar-refractivity contribution in [3.05, 3.63) is 0 Å². The van der Waals surface area contributed by atoms with Crippen LogP contribution in [0, 0.1) is 17.3 Å². The van der Waals surface area contributed by atoms with Gasteiger partial charge in [0.1, 0.15) is 0 Å². The van der Waals surface area contributed by atoms with E-state index in [-0.39, 0.29) is 0 Å². The van der Waals surface area contributed by atoms with Crippen LogP contribution in [0.1, 0.15) is 60.3 Å². The molecule has 0 aromatic heterocycles. The third-order valence-electron chi connectivity index (χ3n) is 5.13. The van der Waals surface area contributed by atoms with Gasteiger partial charge in [0.2, 0.25) is 0 Å². The quantitative estimate of drug-likeness (QED) is 0.737. The number of hydrogen-bond acceptors (Lipinski definition) is 3. The Morgan fingerprint density at radius 3 is 2.00 bits per heavy atom. The van der Waals surface area contributed by atoms with Gasteiger partial charge in [0, 0.05) is 32.8 Å². The monoisotopic (exact) mass is 324 g/mol. The van der Waals surface area contributed by atoms with Crippen LogP contribution >= 0.6 is 0 Å². The molecule has 0 aliphatic carbocycles. The molecule has 0 saturated carbocycles. The van der Waals surface area contributed by atoms with Gasteiger partial charge < -0.3 is 14.5 Å². The van der Waals surface area contributed by atoms with Crippen LogP contribution in [0.5, 0.6) is 0 Å². The van der Waals surface area contributed by atoms with Gasteiger partial charge in [-0.2, -0.15) is 0 Å². The molecule has 0 bridgehead atoms. The van der Waals surface area contributed by atoms with Crippen molar-refractivity contribution < 1.29 is 4.74 Å². The second kappa shape index (κ2) is 8.82. The summed E-state index contributed by atoms with van der Waals surface area (Å²) in [7, 11) is 0. The van der Waals surface area contributed by atoms with Crippen molar-refractivity contribution in [3.63, 3.8) is 0 Å². The molecule has 136 valence electrons. The molecule has 0 unspecified atom stereocenters. The second-order valence-electron chi connectivity index (χ2n) is 9.51. The fraction of sp³-hybridized carbons (Fsp3) is 1.00. The average Bonchev–Trinajstić information content (AvgIpc) is 2.46. The van der Waals surface area contributed by atoms with Crippen LogP contribution in [-0.2, 0) is 4.74 Å². The predicted octanol–water partition coefficient (Wildman–Crippen LogP) is 3.88. The summed E-state index contributed by atoms with van der Waals surface area (Å²) in [6.07, 6.45) is 5.63. The van der Waals surface area contributed by atoms with E-state index in [9.17, 15) is 0 Å². The topological polar surface area (TPSA) is 15.7 Å². The van der Waals surface area contributed by atoms with Gasteiger partial charge in [-0.3, -0.25) is 0 Å². The molecule has 3 nitrogen and oxygen atoms in total. The Morgan fingerprint density at radius 1 is 0.913 bits per heavy atom. The molecule has 0 atom stereocenters. The van der Waals surface area contributed by atoms with Gasteiger partial charge in [0.15, 0.2) is 0 Å². The van der Waals surface area contributed by atoms with Crippen LogP contribution in [-0.4, -0.2) is 61.8 Å². The fourth-order valence-electron chi connectivity index (χ4n) is 4.03. The maximum atomic E-state index is 6.27. The van der Waals surface area contributed by atoms with E-state index in [0.717, 1.165) is 18.4 Å². The zero-order valence-electron chi connectivity index (χ0n) is 16.3. The molecular formula is C20H40N2O. The van der Waals surface area contributed by atoms with Crippen LogP contribution in [0.4, 0.5) is 0 Å². The van der Waals surface area contributed by atoms with E-state index < -0.39 is 0 Å². The molecule has 23 heavy (non-hydrogen) atoms. The lowest BCUT2D eigenvalue weighted by Crippen LogP contribution is -2.41. The van der Waals surface area contributed by atoms with Gasteiger partial charge in [-0.15, -0.1) is 0 Å². The van der Waals surface area contributed by atoms with Gasteiger partial charge in [-0.1, -0.05) is 34.6 Å². The second-order valence-corrected chi connectivity index (χ2v) is 9.51. The van der Waals surface area contributed by atoms with Crippen molar-refractivity contribution in [2.45, 2.75) is 66.4 Å². The van der Waals surface area contributed by atoms with E-state index in [1.807, 2.05) is 0 Å². The van der Waals surface area contributed by atoms with E-state index >= 15 is 0 Å². The number of likely N-dealkylation sites (tertiary alicyclic amines) is 2. The van der Waals surface area contributed by atoms with Gasteiger partial charge in [-0.25, -0.2) is 0 Å². The molecule has 2 rings (SSSR count). The van der Waals surface area contributed by atoms with E-state index in [4.69, 9.17) is 4.74 Å². The number of ether oxygens (including phenoxy) is 1. The summed E-state index contributed by atoms with van der Waals surface area (Å²) in [5, 5.41) is 0. The van der Waals surface area contributed by atoms with Crippen molar-refractivity contribution in [3.8, 4) is 0 Å². The van der Waals surface area contributed by atoms with E-state index in [1.165, 1.54) is 65.0 Å². The van der Waals surface area contributed by atoms with Gasteiger partial charge in [0.05, 0.1) is 6.10 Å². The van der Waals surface area contributed by atoms with E-state index in [2.05, 4.69) is 44.4 Å². The Hall–Kier alpha value is -0.120. The van der Waals surface area contributed by atoms with Crippen molar-refractivity contribution in [1.82, 2.24) is 9.80 Å². The molecule has 2 aliphatic rings. The molecule has 0 aromatic rings. The summed E-state index contributed by atoms with van der Waals surface area (Å²) >= 11 is 0. The molecule has 2 saturated heterocycles. The minimum absolute atomic E-state index is 0.424. The van der Waals surface area contributed by atoms with E-state index in [1.54, 1.807) is 0 Å². The molecule has 0 N–H and O–H groups in total. The van der Waals surface area contributed by atoms with E-state index in [0.29, 0.717) is 11.5 Å². The number of rotatable bonds is 6. The molecule has 3 heteroatoms. The average molecular weight is 325 g/mol. The molecule has 2 aliphatic heterocycles. The van der Waals surface area contributed by atoms with Crippen molar-refractivity contribution >= 4 is 0 Å². The minimum atomic E-state index is 0.424. The molecule has 2 fully saturated rings. The largest absolute Gasteiger partial charge is 0.378 e. The summed E-state index contributed by atoms with van der Waals surface area (Å²) in [6, 6.07) is 0. The van der Waals surface area contributed by atoms with Crippen molar-refractivity contribution in [1.29, 1.82) is 0 Å². The van der Waals surface area contributed by atoms with Gasteiger partial charge in [-0.05, 0) is 56.0 Å². The van der Waals surface area contributed by atoms with Gasteiger partial charge >= 0.3 is 0 Å². The first-order chi connectivity index (χ1) is 10.8. The summed E-state index contributed by atoms with van der Waals surface area (Å²) in [4.78, 5) is 5.25. The predicted molar refractivity (Wildman–Crippen MR) is 98.9 cm³/mol. The third kappa shape index (κ3) is 7.53. The van der Waals surface area contributed by atoms with Crippen LogP contribution in [0.25, 0.3) is 0 Å². The Bertz CT molecular complexity index is 321. The molecule has 0 radical (unpaired) electrons. The summed E-state index contributed by atoms with van der Waals surface area (Å²) < 4.78 is 6.27. The molecular weight excluding hydrogens is 284 g/mol. The molecule has 0 spiro atoms. The molecule has 2 heterocycles. The van der Waals surface area contributed by atoms with Crippen LogP contribution in [0.2, 0.25) is 0 Å². The highest BCUT2D eigenvalue weighted by molar-refractivity contribution is 4.78. The zero-order chi connectivity index (χ0) is 16.9. The van der Waals surface area contributed by atoms with Gasteiger partial charge in [0.25, 0.3) is 0 Å².